The first kappa shape index (κ1) is 16.5. The van der Waals surface area contributed by atoms with Gasteiger partial charge in [-0.05, 0) is 17.7 Å². The van der Waals surface area contributed by atoms with Gasteiger partial charge in [-0.25, -0.2) is 19.5 Å². The van der Waals surface area contributed by atoms with E-state index in [-0.39, 0.29) is 0 Å². The second-order valence-electron chi connectivity index (χ2n) is 7.09. The van der Waals surface area contributed by atoms with Crippen LogP contribution in [0.3, 0.4) is 0 Å². The number of nitrogens with zero attached hydrogens (tertiary/aromatic N) is 5. The van der Waals surface area contributed by atoms with Crippen molar-refractivity contribution >= 4 is 50.1 Å². The van der Waals surface area contributed by atoms with Gasteiger partial charge in [-0.15, -0.1) is 16.4 Å². The fourth-order valence-corrected chi connectivity index (χ4v) is 5.74. The molecule has 0 radical (unpaired) electrons. The molecule has 9 heteroatoms. The van der Waals surface area contributed by atoms with E-state index in [2.05, 4.69) is 22.1 Å². The van der Waals surface area contributed by atoms with E-state index in [1.54, 1.807) is 22.6 Å². The molecule has 4 aromatic heterocycles. The fourth-order valence-electron chi connectivity index (χ4n) is 3.75. The van der Waals surface area contributed by atoms with Gasteiger partial charge in [0.05, 0.1) is 29.6 Å². The zero-order chi connectivity index (χ0) is 18.7. The highest BCUT2D eigenvalue weighted by molar-refractivity contribution is 7.98. The number of rotatable bonds is 3. The van der Waals surface area contributed by atoms with Crippen LogP contribution in [0.5, 0.6) is 0 Å². The molecular weight excluding hydrogens is 392 g/mol. The molecule has 6 rings (SSSR count). The number of hydrogen-bond acceptors (Lipinski definition) is 7. The van der Waals surface area contributed by atoms with Crippen LogP contribution >= 0.6 is 23.1 Å². The van der Waals surface area contributed by atoms with Crippen LogP contribution in [0.15, 0.2) is 40.2 Å². The number of fused-ring (bicyclic) bond motifs is 6. The molecule has 1 aliphatic rings. The van der Waals surface area contributed by atoms with Crippen molar-refractivity contribution in [1.82, 2.24) is 24.6 Å². The molecule has 5 heterocycles. The van der Waals surface area contributed by atoms with Crippen molar-refractivity contribution < 1.29 is 9.32 Å². The van der Waals surface area contributed by atoms with E-state index in [4.69, 9.17) is 9.40 Å². The molecule has 1 unspecified atom stereocenters. The number of oxazole rings is 1. The van der Waals surface area contributed by atoms with Crippen molar-refractivity contribution in [2.24, 2.45) is 0 Å². The molecular formula is C19H17N6OS2+. The molecule has 1 atom stereocenters. The number of benzene rings is 1. The molecule has 1 aliphatic heterocycles. The Bertz CT molecular complexity index is 1300. The lowest BCUT2D eigenvalue weighted by Crippen LogP contribution is -3.08. The molecule has 1 aromatic carbocycles. The maximum absolute atomic E-state index is 5.78. The van der Waals surface area contributed by atoms with Crippen LogP contribution in [0.25, 0.3) is 27.0 Å². The Morgan fingerprint density at radius 1 is 1.29 bits per heavy atom. The lowest BCUT2D eigenvalue weighted by Gasteiger charge is -2.19. The Morgan fingerprint density at radius 3 is 3.14 bits per heavy atom. The summed E-state index contributed by atoms with van der Waals surface area (Å²) in [5.74, 6) is 1.37. The average Bonchev–Trinajstić information content (AvgIpc) is 3.38. The van der Waals surface area contributed by atoms with Gasteiger partial charge in [0.2, 0.25) is 0 Å². The van der Waals surface area contributed by atoms with E-state index >= 15 is 0 Å². The minimum Gasteiger partial charge on any atom is -0.431 e. The molecule has 0 bridgehead atoms. The number of thiophene rings is 1. The SMILES string of the molecule is C[NH+]1CCc2c(sc3ncn4nc(CSc5nc6ccccc6o5)nc4c23)C1. The highest BCUT2D eigenvalue weighted by Crippen LogP contribution is 2.33. The number of likely N-dealkylation sites (N-methyl/N-ethyl adjacent to an activating group) is 1. The van der Waals surface area contributed by atoms with Crippen molar-refractivity contribution in [2.75, 3.05) is 13.6 Å². The summed E-state index contributed by atoms with van der Waals surface area (Å²) < 4.78 is 7.59. The first-order chi connectivity index (χ1) is 13.7. The summed E-state index contributed by atoms with van der Waals surface area (Å²) in [4.78, 5) is 18.0. The predicted molar refractivity (Wildman–Crippen MR) is 109 cm³/mol. The van der Waals surface area contributed by atoms with Crippen LogP contribution < -0.4 is 4.90 Å². The van der Waals surface area contributed by atoms with Gasteiger partial charge in [0.1, 0.15) is 23.2 Å². The summed E-state index contributed by atoms with van der Waals surface area (Å²) in [6, 6.07) is 7.79. The lowest BCUT2D eigenvalue weighted by molar-refractivity contribution is -0.895. The number of aromatic nitrogens is 5. The smallest absolute Gasteiger partial charge is 0.257 e. The molecule has 0 saturated carbocycles. The van der Waals surface area contributed by atoms with Gasteiger partial charge in [0.15, 0.2) is 17.1 Å². The summed E-state index contributed by atoms with van der Waals surface area (Å²) in [7, 11) is 2.24. The first-order valence-corrected chi connectivity index (χ1v) is 11.0. The van der Waals surface area contributed by atoms with Crippen LogP contribution in [-0.2, 0) is 18.7 Å². The third kappa shape index (κ3) is 2.61. The normalized spacial score (nSPS) is 17.0. The number of para-hydroxylation sites is 2. The second kappa shape index (κ2) is 6.26. The molecule has 0 amide bonds. The van der Waals surface area contributed by atoms with Crippen LogP contribution in [0.1, 0.15) is 16.3 Å². The second-order valence-corrected chi connectivity index (χ2v) is 9.10. The Kier molecular flexibility index (Phi) is 3.68. The zero-order valence-electron chi connectivity index (χ0n) is 15.2. The van der Waals surface area contributed by atoms with Crippen molar-refractivity contribution in [1.29, 1.82) is 0 Å². The topological polar surface area (TPSA) is 73.6 Å². The van der Waals surface area contributed by atoms with Gasteiger partial charge in [-0.3, -0.25) is 0 Å². The van der Waals surface area contributed by atoms with E-state index in [0.717, 1.165) is 46.9 Å². The maximum Gasteiger partial charge on any atom is 0.257 e. The highest BCUT2D eigenvalue weighted by atomic mass is 32.2. The number of nitrogens with one attached hydrogen (secondary N) is 1. The Hall–Kier alpha value is -2.49. The molecule has 0 fully saturated rings. The lowest BCUT2D eigenvalue weighted by atomic mass is 10.1. The van der Waals surface area contributed by atoms with Gasteiger partial charge < -0.3 is 9.32 Å². The van der Waals surface area contributed by atoms with E-state index in [1.807, 2.05) is 28.8 Å². The van der Waals surface area contributed by atoms with E-state index in [9.17, 15) is 0 Å². The Morgan fingerprint density at radius 2 is 2.21 bits per heavy atom. The molecule has 0 spiro atoms. The van der Waals surface area contributed by atoms with Crippen LogP contribution in [0, 0.1) is 0 Å². The first-order valence-electron chi connectivity index (χ1n) is 9.19. The van der Waals surface area contributed by atoms with E-state index in [1.165, 1.54) is 27.6 Å². The number of thioether (sulfide) groups is 1. The zero-order valence-corrected chi connectivity index (χ0v) is 16.8. The molecule has 0 saturated heterocycles. The Labute approximate surface area is 168 Å². The fraction of sp³-hybridized carbons (Fsp3) is 0.263. The van der Waals surface area contributed by atoms with Gasteiger partial charge >= 0.3 is 0 Å². The largest absolute Gasteiger partial charge is 0.431 e. The highest BCUT2D eigenvalue weighted by Gasteiger charge is 2.24. The maximum atomic E-state index is 5.78. The standard InChI is InChI=1S/C19H16N6OS2/c1-24-7-6-11-14(8-24)28-18-16(11)17-22-15(23-25(17)10-20-18)9-27-19-21-12-4-2-3-5-13(12)26-19/h2-5,10H,6-9H2,1H3/p+1. The summed E-state index contributed by atoms with van der Waals surface area (Å²) in [5, 5.41) is 6.45. The van der Waals surface area contributed by atoms with Crippen molar-refractivity contribution in [2.45, 2.75) is 23.9 Å². The van der Waals surface area contributed by atoms with Crippen molar-refractivity contribution in [3.8, 4) is 0 Å². The minimum atomic E-state index is 0.606. The van der Waals surface area contributed by atoms with E-state index < -0.39 is 0 Å². The molecule has 5 aromatic rings. The monoisotopic (exact) mass is 409 g/mol. The quantitative estimate of drug-likeness (QED) is 0.461. The van der Waals surface area contributed by atoms with Crippen LogP contribution in [0.2, 0.25) is 0 Å². The molecule has 28 heavy (non-hydrogen) atoms. The van der Waals surface area contributed by atoms with Gasteiger partial charge in [-0.2, -0.15) is 0 Å². The summed E-state index contributed by atoms with van der Waals surface area (Å²) in [6.45, 7) is 2.21. The van der Waals surface area contributed by atoms with Crippen molar-refractivity contribution in [3.05, 3.63) is 46.9 Å². The molecule has 7 nitrogen and oxygen atoms in total. The third-order valence-corrected chi connectivity index (χ3v) is 7.08. The molecule has 0 aliphatic carbocycles. The number of hydrogen-bond donors (Lipinski definition) is 1. The van der Waals surface area contributed by atoms with Gasteiger partial charge in [0, 0.05) is 6.42 Å². The number of quaternary nitrogens is 1. The summed E-state index contributed by atoms with van der Waals surface area (Å²) in [6.07, 6.45) is 2.85. The molecule has 140 valence electrons. The minimum absolute atomic E-state index is 0.606. The van der Waals surface area contributed by atoms with Crippen LogP contribution in [-0.4, -0.2) is 38.2 Å². The van der Waals surface area contributed by atoms with Crippen molar-refractivity contribution in [3.63, 3.8) is 0 Å². The third-order valence-electron chi connectivity index (χ3n) is 5.12. The molecule has 1 N–H and O–H groups in total. The van der Waals surface area contributed by atoms with E-state index in [0.29, 0.717) is 11.0 Å². The summed E-state index contributed by atoms with van der Waals surface area (Å²) in [5.41, 5.74) is 4.00. The van der Waals surface area contributed by atoms with Gasteiger partial charge in [0.25, 0.3) is 5.22 Å². The van der Waals surface area contributed by atoms with Crippen LogP contribution in [0.4, 0.5) is 0 Å². The Balaban J connectivity index is 1.35. The van der Waals surface area contributed by atoms with Gasteiger partial charge in [-0.1, -0.05) is 23.9 Å². The summed E-state index contributed by atoms with van der Waals surface area (Å²) >= 11 is 3.31. The average molecular weight is 410 g/mol. The predicted octanol–water partition coefficient (Wildman–Crippen LogP) is 2.34.